The van der Waals surface area contributed by atoms with Gasteiger partial charge >= 0.3 is 0 Å². The number of Topliss-reactive ketones (excluding diaryl/α,β-unsaturated/α-hetero) is 2. The Kier molecular flexibility index (Phi) is 12.7. The molecule has 0 saturated carbocycles. The molecule has 0 aliphatic carbocycles. The fraction of sp³-hybridized carbons (Fsp3) is 0.486. The average molecular weight is 596 g/mol. The van der Waals surface area contributed by atoms with Gasteiger partial charge in [0.25, 0.3) is 5.92 Å². The molecule has 1 atom stereocenters. The SMILES string of the molecule is C=C(COC(C)(C)C)NC[C@H](C)c1cccc(C(C)(F)F)c1CCCCC(=O)C(=N)Cc1cc(C)c(C)cc1C(=O)C=N. The Morgan fingerprint density at radius 3 is 2.35 bits per heavy atom. The van der Waals surface area contributed by atoms with Gasteiger partial charge in [-0.1, -0.05) is 37.8 Å². The summed E-state index contributed by atoms with van der Waals surface area (Å²) in [7, 11) is 0. The molecule has 0 unspecified atom stereocenters. The molecule has 0 radical (unpaired) electrons. The zero-order chi connectivity index (χ0) is 32.5. The summed E-state index contributed by atoms with van der Waals surface area (Å²) in [5, 5.41) is 19.0. The van der Waals surface area contributed by atoms with Gasteiger partial charge < -0.3 is 20.9 Å². The molecule has 43 heavy (non-hydrogen) atoms. The maximum atomic E-state index is 14.6. The fourth-order valence-corrected chi connectivity index (χ4v) is 4.88. The smallest absolute Gasteiger partial charge is 0.270 e. The Balaban J connectivity index is 2.07. The zero-order valence-electron chi connectivity index (χ0n) is 26.7. The molecule has 2 aromatic rings. The number of ether oxygens (including phenoxy) is 1. The molecule has 0 aliphatic heterocycles. The second kappa shape index (κ2) is 15.3. The molecule has 0 aromatic heterocycles. The highest BCUT2D eigenvalue weighted by molar-refractivity contribution is 6.40. The van der Waals surface area contributed by atoms with E-state index in [-0.39, 0.29) is 41.4 Å². The van der Waals surface area contributed by atoms with Crippen molar-refractivity contribution in [3.05, 3.63) is 81.6 Å². The van der Waals surface area contributed by atoms with E-state index in [0.29, 0.717) is 49.1 Å². The minimum atomic E-state index is -3.02. The van der Waals surface area contributed by atoms with Crippen LogP contribution in [0.2, 0.25) is 0 Å². The Bertz CT molecular complexity index is 1350. The predicted octanol–water partition coefficient (Wildman–Crippen LogP) is 7.81. The molecule has 0 spiro atoms. The number of ketones is 2. The fourth-order valence-electron chi connectivity index (χ4n) is 4.88. The summed E-state index contributed by atoms with van der Waals surface area (Å²) in [6.07, 6.45) is 2.18. The topological polar surface area (TPSA) is 103 Å². The van der Waals surface area contributed by atoms with Crippen LogP contribution in [0.1, 0.15) is 104 Å². The highest BCUT2D eigenvalue weighted by atomic mass is 19.3. The zero-order valence-corrected chi connectivity index (χ0v) is 26.7. The molecule has 0 bridgehead atoms. The summed E-state index contributed by atoms with van der Waals surface area (Å²) in [5.74, 6) is -3.89. The van der Waals surface area contributed by atoms with Crippen molar-refractivity contribution in [2.24, 2.45) is 0 Å². The van der Waals surface area contributed by atoms with E-state index in [1.165, 1.54) is 6.07 Å². The molecule has 6 nitrogen and oxygen atoms in total. The van der Waals surface area contributed by atoms with Crippen LogP contribution in [0.15, 0.2) is 42.6 Å². The van der Waals surface area contributed by atoms with Crippen molar-refractivity contribution in [2.75, 3.05) is 13.2 Å². The number of carbonyl (C=O) groups is 2. The van der Waals surface area contributed by atoms with Crippen LogP contribution in [0.25, 0.3) is 0 Å². The van der Waals surface area contributed by atoms with E-state index in [4.69, 9.17) is 15.6 Å². The first-order valence-corrected chi connectivity index (χ1v) is 14.8. The largest absolute Gasteiger partial charge is 0.386 e. The monoisotopic (exact) mass is 595 g/mol. The Morgan fingerprint density at radius 2 is 1.74 bits per heavy atom. The first-order chi connectivity index (χ1) is 19.9. The summed E-state index contributed by atoms with van der Waals surface area (Å²) in [6.45, 7) is 17.4. The lowest BCUT2D eigenvalue weighted by atomic mass is 9.87. The minimum Gasteiger partial charge on any atom is -0.386 e. The number of hydrogen-bond donors (Lipinski definition) is 3. The van der Waals surface area contributed by atoms with Crippen molar-refractivity contribution in [3.63, 3.8) is 0 Å². The molecule has 3 N–H and O–H groups in total. The van der Waals surface area contributed by atoms with Crippen LogP contribution in [0, 0.1) is 24.7 Å². The van der Waals surface area contributed by atoms with Crippen LogP contribution in [-0.4, -0.2) is 42.2 Å². The number of alkyl halides is 2. The van der Waals surface area contributed by atoms with Crippen LogP contribution >= 0.6 is 0 Å². The summed E-state index contributed by atoms with van der Waals surface area (Å²) in [6, 6.07) is 8.49. The van der Waals surface area contributed by atoms with Gasteiger partial charge in [-0.05, 0) is 93.7 Å². The van der Waals surface area contributed by atoms with Gasteiger partial charge in [-0.15, -0.1) is 0 Å². The maximum absolute atomic E-state index is 14.6. The van der Waals surface area contributed by atoms with Gasteiger partial charge in [-0.2, -0.15) is 0 Å². The summed E-state index contributed by atoms with van der Waals surface area (Å²) in [5.41, 5.74) is 4.43. The van der Waals surface area contributed by atoms with E-state index >= 15 is 0 Å². The molecule has 234 valence electrons. The predicted molar refractivity (Wildman–Crippen MR) is 170 cm³/mol. The first kappa shape index (κ1) is 35.7. The average Bonchev–Trinajstić information content (AvgIpc) is 2.93. The lowest BCUT2D eigenvalue weighted by Gasteiger charge is -2.24. The van der Waals surface area contributed by atoms with Crippen LogP contribution in [0.4, 0.5) is 8.78 Å². The van der Waals surface area contributed by atoms with Crippen LogP contribution < -0.4 is 5.32 Å². The molecular formula is C35H47F2N3O3. The number of nitrogens with one attached hydrogen (secondary N) is 3. The first-order valence-electron chi connectivity index (χ1n) is 14.8. The third-order valence-electron chi connectivity index (χ3n) is 7.45. The Hall–Kier alpha value is -3.52. The Morgan fingerprint density at radius 1 is 1.09 bits per heavy atom. The van der Waals surface area contributed by atoms with Gasteiger partial charge in [0.05, 0.1) is 24.1 Å². The van der Waals surface area contributed by atoms with Gasteiger partial charge in [-0.3, -0.25) is 9.59 Å². The summed E-state index contributed by atoms with van der Waals surface area (Å²) < 4.78 is 35.0. The van der Waals surface area contributed by atoms with Crippen molar-refractivity contribution >= 4 is 23.5 Å². The highest BCUT2D eigenvalue weighted by Crippen LogP contribution is 2.35. The molecule has 8 heteroatoms. The van der Waals surface area contributed by atoms with Gasteiger partial charge in [0.2, 0.25) is 5.78 Å². The Labute approximate surface area is 255 Å². The molecule has 2 rings (SSSR count). The second-order valence-electron chi connectivity index (χ2n) is 12.4. The lowest BCUT2D eigenvalue weighted by Crippen LogP contribution is -2.27. The van der Waals surface area contributed by atoms with Crippen molar-refractivity contribution in [1.29, 1.82) is 10.8 Å². The number of hydrogen-bond acceptors (Lipinski definition) is 6. The number of aryl methyl sites for hydroxylation is 2. The van der Waals surface area contributed by atoms with E-state index in [9.17, 15) is 18.4 Å². The number of unbranched alkanes of at least 4 members (excludes halogenated alkanes) is 1. The molecule has 0 saturated heterocycles. The summed E-state index contributed by atoms with van der Waals surface area (Å²) in [4.78, 5) is 25.1. The van der Waals surface area contributed by atoms with Crippen LogP contribution in [0.5, 0.6) is 0 Å². The van der Waals surface area contributed by atoms with Crippen molar-refractivity contribution in [1.82, 2.24) is 5.32 Å². The van der Waals surface area contributed by atoms with Gasteiger partial charge in [0.15, 0.2) is 5.78 Å². The van der Waals surface area contributed by atoms with Gasteiger partial charge in [-0.25, -0.2) is 8.78 Å². The minimum absolute atomic E-state index is 0.000500. The number of rotatable bonds is 17. The van der Waals surface area contributed by atoms with Crippen LogP contribution in [-0.2, 0) is 28.3 Å². The summed E-state index contributed by atoms with van der Waals surface area (Å²) >= 11 is 0. The standard InChI is InChI=1S/C35H47F2N3O3/c1-22-16-26(29(17-23(22)2)33(42)19-38)18-31(39)32(41)15-10-9-12-28-27(13-11-14-30(28)35(8,36)37)24(3)20-40-25(4)21-43-34(5,6)7/h11,13-14,16-17,19,24,38-40H,4,9-10,12,15,18,20-21H2,1-3,5-8H3/t24-/m0/s1. The van der Waals surface area contributed by atoms with Crippen molar-refractivity contribution in [3.8, 4) is 0 Å². The van der Waals surface area contributed by atoms with Crippen molar-refractivity contribution in [2.45, 2.75) is 98.0 Å². The normalized spacial score (nSPS) is 12.5. The molecule has 2 aromatic carbocycles. The molecule has 0 fully saturated rings. The second-order valence-corrected chi connectivity index (χ2v) is 12.4. The third-order valence-corrected chi connectivity index (χ3v) is 7.45. The third kappa shape index (κ3) is 10.9. The van der Waals surface area contributed by atoms with E-state index < -0.39 is 11.7 Å². The van der Waals surface area contributed by atoms with Crippen molar-refractivity contribution < 1.29 is 23.1 Å². The number of halogens is 2. The van der Waals surface area contributed by atoms with E-state index in [0.717, 1.165) is 35.5 Å². The number of carbonyl (C=O) groups excluding carboxylic acids is 2. The molecule has 0 aliphatic rings. The highest BCUT2D eigenvalue weighted by Gasteiger charge is 2.29. The molecule has 0 heterocycles. The van der Waals surface area contributed by atoms with Gasteiger partial charge in [0.1, 0.15) is 0 Å². The molecular weight excluding hydrogens is 548 g/mol. The van der Waals surface area contributed by atoms with E-state index in [1.807, 2.05) is 47.6 Å². The lowest BCUT2D eigenvalue weighted by molar-refractivity contribution is -0.113. The quantitative estimate of drug-likeness (QED) is 0.0986. The maximum Gasteiger partial charge on any atom is 0.270 e. The molecule has 0 amide bonds. The van der Waals surface area contributed by atoms with E-state index in [1.54, 1.807) is 18.2 Å². The van der Waals surface area contributed by atoms with Crippen LogP contribution in [0.3, 0.4) is 0 Å². The van der Waals surface area contributed by atoms with Gasteiger partial charge in [0, 0.05) is 43.1 Å². The van der Waals surface area contributed by atoms with E-state index in [2.05, 4.69) is 11.9 Å². The number of benzene rings is 2.